The number of hydrogen-bond donors (Lipinski definition) is 1. The van der Waals surface area contributed by atoms with Crippen molar-refractivity contribution in [1.29, 1.82) is 0 Å². The molecule has 2 nitrogen and oxygen atoms in total. The fraction of sp³-hybridized carbons (Fsp3) is 0.500. The summed E-state index contributed by atoms with van der Waals surface area (Å²) in [5, 5.41) is 11.3. The van der Waals surface area contributed by atoms with Crippen LogP contribution in [-0.4, -0.2) is 11.4 Å². The van der Waals surface area contributed by atoms with Crippen LogP contribution in [0.2, 0.25) is 0 Å². The van der Waals surface area contributed by atoms with E-state index in [9.17, 15) is 9.90 Å². The summed E-state index contributed by atoms with van der Waals surface area (Å²) < 4.78 is 0. The molecule has 0 aromatic heterocycles. The van der Waals surface area contributed by atoms with E-state index < -0.39 is 0 Å². The molecule has 130 valence electrons. The van der Waals surface area contributed by atoms with Crippen molar-refractivity contribution in [3.05, 3.63) is 42.0 Å². The second-order valence-corrected chi connectivity index (χ2v) is 7.94. The number of carbonyl (C=O) groups is 1. The van der Waals surface area contributed by atoms with Crippen molar-refractivity contribution in [2.75, 3.05) is 0 Å². The largest absolute Gasteiger partial charge is 0.508 e. The van der Waals surface area contributed by atoms with Crippen molar-refractivity contribution in [1.82, 2.24) is 0 Å². The van der Waals surface area contributed by atoms with Crippen molar-refractivity contribution < 1.29 is 9.90 Å². The first-order chi connectivity index (χ1) is 11.4. The van der Waals surface area contributed by atoms with Crippen molar-refractivity contribution in [2.24, 2.45) is 11.3 Å². The van der Waals surface area contributed by atoms with Gasteiger partial charge in [-0.3, -0.25) is 0 Å². The van der Waals surface area contributed by atoms with Gasteiger partial charge in [0.1, 0.15) is 12.0 Å². The van der Waals surface area contributed by atoms with Crippen LogP contribution < -0.4 is 0 Å². The fourth-order valence-corrected chi connectivity index (χ4v) is 3.47. The van der Waals surface area contributed by atoms with E-state index in [1.165, 1.54) is 32.1 Å². The minimum atomic E-state index is 0.264. The first-order valence-corrected chi connectivity index (χ1v) is 9.05. The number of rotatable bonds is 2. The molecule has 0 atom stereocenters. The lowest BCUT2D eigenvalue weighted by molar-refractivity contribution is -0.107. The summed E-state index contributed by atoms with van der Waals surface area (Å²) in [6.45, 7) is 7.13. The standard InChI is InChI=1S/C12H10O2.C10H20/c13-6-5-9-1-2-11-8-12(14)4-3-10(11)7-9;1-10(2,3)9-7-5-4-6-8-9/h1-4,6-8,14H,5H2;9H,4-8H2,1-3H3. The van der Waals surface area contributed by atoms with Gasteiger partial charge in [0.15, 0.2) is 0 Å². The van der Waals surface area contributed by atoms with Gasteiger partial charge in [-0.15, -0.1) is 0 Å². The monoisotopic (exact) mass is 326 g/mol. The van der Waals surface area contributed by atoms with E-state index in [4.69, 9.17) is 0 Å². The van der Waals surface area contributed by atoms with Gasteiger partial charge in [-0.1, -0.05) is 64.3 Å². The lowest BCUT2D eigenvalue weighted by atomic mass is 9.72. The van der Waals surface area contributed by atoms with Crippen molar-refractivity contribution >= 4 is 17.1 Å². The lowest BCUT2D eigenvalue weighted by Crippen LogP contribution is -2.22. The molecule has 0 unspecified atom stereocenters. The molecular weight excluding hydrogens is 296 g/mol. The molecule has 1 saturated carbocycles. The number of aromatic hydroxyl groups is 1. The van der Waals surface area contributed by atoms with Crippen molar-refractivity contribution in [3.8, 4) is 5.75 Å². The van der Waals surface area contributed by atoms with Gasteiger partial charge in [0.25, 0.3) is 0 Å². The third kappa shape index (κ3) is 5.36. The number of carbonyl (C=O) groups excluding carboxylic acids is 1. The zero-order chi connectivity index (χ0) is 17.6. The third-order valence-electron chi connectivity index (χ3n) is 5.04. The van der Waals surface area contributed by atoms with Crippen LogP contribution >= 0.6 is 0 Å². The van der Waals surface area contributed by atoms with Crippen LogP contribution in [0.25, 0.3) is 10.8 Å². The van der Waals surface area contributed by atoms with E-state index in [2.05, 4.69) is 20.8 Å². The van der Waals surface area contributed by atoms with Crippen LogP contribution in [-0.2, 0) is 11.2 Å². The maximum Gasteiger partial charge on any atom is 0.124 e. The third-order valence-corrected chi connectivity index (χ3v) is 5.04. The van der Waals surface area contributed by atoms with E-state index in [0.29, 0.717) is 11.8 Å². The Morgan fingerprint density at radius 1 is 1.00 bits per heavy atom. The smallest absolute Gasteiger partial charge is 0.124 e. The molecule has 0 heterocycles. The van der Waals surface area contributed by atoms with E-state index in [1.54, 1.807) is 12.1 Å². The van der Waals surface area contributed by atoms with Gasteiger partial charge in [0, 0.05) is 6.42 Å². The Kier molecular flexibility index (Phi) is 6.42. The second-order valence-electron chi connectivity index (χ2n) is 7.94. The summed E-state index contributed by atoms with van der Waals surface area (Å²) in [4.78, 5) is 10.3. The highest BCUT2D eigenvalue weighted by Gasteiger charge is 2.25. The van der Waals surface area contributed by atoms with Gasteiger partial charge in [-0.25, -0.2) is 0 Å². The fourth-order valence-electron chi connectivity index (χ4n) is 3.47. The molecule has 2 aromatic carbocycles. The predicted octanol–water partition coefficient (Wildman–Crippen LogP) is 5.90. The van der Waals surface area contributed by atoms with Gasteiger partial charge < -0.3 is 9.90 Å². The summed E-state index contributed by atoms with van der Waals surface area (Å²) in [5.74, 6) is 1.27. The maximum absolute atomic E-state index is 10.3. The normalized spacial score (nSPS) is 15.6. The Morgan fingerprint density at radius 3 is 2.21 bits per heavy atom. The van der Waals surface area contributed by atoms with E-state index in [1.807, 2.05) is 24.3 Å². The van der Waals surface area contributed by atoms with E-state index >= 15 is 0 Å². The highest BCUT2D eigenvalue weighted by Crippen LogP contribution is 2.37. The van der Waals surface area contributed by atoms with Crippen LogP contribution in [0.1, 0.15) is 58.4 Å². The molecule has 24 heavy (non-hydrogen) atoms. The van der Waals surface area contributed by atoms with Gasteiger partial charge in [0.2, 0.25) is 0 Å². The minimum Gasteiger partial charge on any atom is -0.508 e. The molecule has 0 bridgehead atoms. The molecule has 1 N–H and O–H groups in total. The number of hydrogen-bond acceptors (Lipinski definition) is 2. The number of fused-ring (bicyclic) bond motifs is 1. The van der Waals surface area contributed by atoms with E-state index in [-0.39, 0.29) is 5.75 Å². The maximum atomic E-state index is 10.3. The Bertz CT molecular complexity index is 661. The molecule has 0 spiro atoms. The second kappa shape index (κ2) is 8.32. The quantitative estimate of drug-likeness (QED) is 0.698. The number of phenolic OH excluding ortho intramolecular Hbond substituents is 1. The Morgan fingerprint density at radius 2 is 1.62 bits per heavy atom. The summed E-state index contributed by atoms with van der Waals surface area (Å²) >= 11 is 0. The first kappa shape index (κ1) is 18.5. The first-order valence-electron chi connectivity index (χ1n) is 9.05. The van der Waals surface area contributed by atoms with Gasteiger partial charge in [-0.05, 0) is 52.6 Å². The molecule has 2 heteroatoms. The van der Waals surface area contributed by atoms with Crippen molar-refractivity contribution in [3.63, 3.8) is 0 Å². The summed E-state index contributed by atoms with van der Waals surface area (Å²) in [5.41, 5.74) is 1.57. The number of phenols is 1. The molecule has 2 aromatic rings. The highest BCUT2D eigenvalue weighted by molar-refractivity contribution is 5.84. The summed E-state index contributed by atoms with van der Waals surface area (Å²) in [7, 11) is 0. The minimum absolute atomic E-state index is 0.264. The van der Waals surface area contributed by atoms with Crippen molar-refractivity contribution in [2.45, 2.75) is 59.3 Å². The summed E-state index contributed by atoms with van der Waals surface area (Å²) in [6.07, 6.45) is 8.71. The zero-order valence-corrected chi connectivity index (χ0v) is 15.2. The molecule has 1 fully saturated rings. The Hall–Kier alpha value is -1.83. The molecule has 0 aliphatic heterocycles. The molecule has 0 radical (unpaired) electrons. The Labute approximate surface area is 145 Å². The van der Waals surface area contributed by atoms with Crippen LogP contribution in [0.5, 0.6) is 5.75 Å². The number of aldehydes is 1. The molecular formula is C22H30O2. The summed E-state index contributed by atoms with van der Waals surface area (Å²) in [6, 6.07) is 11.0. The molecule has 0 amide bonds. The lowest BCUT2D eigenvalue weighted by Gasteiger charge is -2.33. The predicted molar refractivity (Wildman–Crippen MR) is 101 cm³/mol. The van der Waals surface area contributed by atoms with Crippen LogP contribution in [0.4, 0.5) is 0 Å². The SMILES string of the molecule is CC(C)(C)C1CCCCC1.O=CCc1ccc2cc(O)ccc2c1. The van der Waals surface area contributed by atoms with Gasteiger partial charge in [0.05, 0.1) is 0 Å². The molecule has 1 aliphatic rings. The highest BCUT2D eigenvalue weighted by atomic mass is 16.3. The van der Waals surface area contributed by atoms with Crippen LogP contribution in [0.15, 0.2) is 36.4 Å². The average Bonchev–Trinajstić information content (AvgIpc) is 2.56. The van der Waals surface area contributed by atoms with Gasteiger partial charge >= 0.3 is 0 Å². The van der Waals surface area contributed by atoms with Gasteiger partial charge in [-0.2, -0.15) is 0 Å². The van der Waals surface area contributed by atoms with E-state index in [0.717, 1.165) is 28.5 Å². The Balaban J connectivity index is 0.000000185. The molecule has 3 rings (SSSR count). The molecule has 0 saturated heterocycles. The topological polar surface area (TPSA) is 37.3 Å². The average molecular weight is 326 g/mol. The van der Waals surface area contributed by atoms with Crippen LogP contribution in [0.3, 0.4) is 0 Å². The molecule has 1 aliphatic carbocycles. The number of benzene rings is 2. The zero-order valence-electron chi connectivity index (χ0n) is 15.2. The van der Waals surface area contributed by atoms with Crippen LogP contribution in [0, 0.1) is 11.3 Å².